The van der Waals surface area contributed by atoms with Crippen LogP contribution in [0.25, 0.3) is 0 Å². The molecule has 0 radical (unpaired) electrons. The van der Waals surface area contributed by atoms with Gasteiger partial charge < -0.3 is 5.11 Å². The van der Waals surface area contributed by atoms with Gasteiger partial charge in [-0.15, -0.1) is 23.4 Å². The number of anilines is 1. The second kappa shape index (κ2) is 8.60. The van der Waals surface area contributed by atoms with E-state index in [1.165, 1.54) is 30.0 Å². The molecule has 8 heteroatoms. The summed E-state index contributed by atoms with van der Waals surface area (Å²) in [6, 6.07) is 10.9. The molecule has 0 aliphatic rings. The summed E-state index contributed by atoms with van der Waals surface area (Å²) in [6.45, 7) is 0. The van der Waals surface area contributed by atoms with E-state index in [2.05, 4.69) is 4.72 Å². The number of aryl methyl sites for hydroxylation is 1. The summed E-state index contributed by atoms with van der Waals surface area (Å²) in [5, 5.41) is 9.04. The van der Waals surface area contributed by atoms with E-state index in [1.54, 1.807) is 30.5 Å². The molecule has 0 amide bonds. The molecule has 2 N–H and O–H groups in total. The molecule has 0 bridgehead atoms. The second-order valence-electron chi connectivity index (χ2n) is 5.26. The zero-order chi connectivity index (χ0) is 18.4. The lowest BCUT2D eigenvalue weighted by molar-refractivity contribution is 0.0696. The third-order valence-electron chi connectivity index (χ3n) is 3.53. The Morgan fingerprint density at radius 3 is 2.44 bits per heavy atom. The Labute approximate surface area is 156 Å². The number of carbonyl (C=O) groups is 1. The number of nitrogens with one attached hydrogen (secondary N) is 1. The molecule has 2 aromatic rings. The molecule has 134 valence electrons. The first kappa shape index (κ1) is 19.6. The zero-order valence-electron chi connectivity index (χ0n) is 13.5. The molecule has 0 spiro atoms. The van der Waals surface area contributed by atoms with Gasteiger partial charge in [-0.2, -0.15) is 0 Å². The summed E-state index contributed by atoms with van der Waals surface area (Å²) < 4.78 is 27.6. The van der Waals surface area contributed by atoms with Crippen molar-refractivity contribution in [3.8, 4) is 0 Å². The van der Waals surface area contributed by atoms with E-state index >= 15 is 0 Å². The van der Waals surface area contributed by atoms with Gasteiger partial charge in [0.15, 0.2) is 0 Å². The lowest BCUT2D eigenvalue weighted by Crippen LogP contribution is -2.14. The summed E-state index contributed by atoms with van der Waals surface area (Å²) in [5.74, 6) is -0.497. The van der Waals surface area contributed by atoms with Gasteiger partial charge in [0.2, 0.25) is 0 Å². The number of alkyl halides is 1. The summed E-state index contributed by atoms with van der Waals surface area (Å²) in [7, 11) is -3.75. The first-order chi connectivity index (χ1) is 11.9. The number of carboxylic acid groups (broad SMARTS) is 1. The Hall–Kier alpha value is -1.70. The van der Waals surface area contributed by atoms with Crippen molar-refractivity contribution in [2.45, 2.75) is 22.6 Å². The summed E-state index contributed by atoms with van der Waals surface area (Å²) in [4.78, 5) is 11.7. The van der Waals surface area contributed by atoms with Crippen molar-refractivity contribution in [2.24, 2.45) is 0 Å². The maximum Gasteiger partial charge on any atom is 0.335 e. The SMILES string of the molecule is CSc1cc(C(=O)O)ccc1NS(=O)(=O)c1ccc(CCCCl)cc1. The number of hydrogen-bond acceptors (Lipinski definition) is 4. The number of sulfonamides is 1. The highest BCUT2D eigenvalue weighted by Gasteiger charge is 2.17. The van der Waals surface area contributed by atoms with Crippen molar-refractivity contribution in [2.75, 3.05) is 16.9 Å². The molecule has 0 aliphatic heterocycles. The van der Waals surface area contributed by atoms with Gasteiger partial charge in [0.05, 0.1) is 16.1 Å². The Morgan fingerprint density at radius 1 is 1.20 bits per heavy atom. The highest BCUT2D eigenvalue weighted by molar-refractivity contribution is 7.99. The fourth-order valence-corrected chi connectivity index (χ4v) is 4.08. The minimum absolute atomic E-state index is 0.107. The largest absolute Gasteiger partial charge is 0.478 e. The van der Waals surface area contributed by atoms with Gasteiger partial charge in [-0.1, -0.05) is 12.1 Å². The van der Waals surface area contributed by atoms with Gasteiger partial charge in [-0.05, 0) is 55.0 Å². The van der Waals surface area contributed by atoms with Crippen molar-refractivity contribution >= 4 is 45.0 Å². The average molecular weight is 400 g/mol. The lowest BCUT2D eigenvalue weighted by Gasteiger charge is -2.12. The van der Waals surface area contributed by atoms with Crippen molar-refractivity contribution in [1.82, 2.24) is 0 Å². The van der Waals surface area contributed by atoms with Gasteiger partial charge in [-0.25, -0.2) is 13.2 Å². The molecule has 2 aromatic carbocycles. The second-order valence-corrected chi connectivity index (χ2v) is 8.17. The van der Waals surface area contributed by atoms with Crippen LogP contribution in [0.1, 0.15) is 22.3 Å². The molecule has 0 heterocycles. The highest BCUT2D eigenvalue weighted by Crippen LogP contribution is 2.29. The normalized spacial score (nSPS) is 11.3. The number of aromatic carboxylic acids is 1. The number of thioether (sulfide) groups is 1. The molecule has 5 nitrogen and oxygen atoms in total. The van der Waals surface area contributed by atoms with Crippen LogP contribution in [0.4, 0.5) is 5.69 Å². The van der Waals surface area contributed by atoms with Crippen LogP contribution in [0, 0.1) is 0 Å². The minimum atomic E-state index is -3.75. The van der Waals surface area contributed by atoms with Gasteiger partial charge in [-0.3, -0.25) is 4.72 Å². The number of hydrogen-bond donors (Lipinski definition) is 2. The number of carboxylic acids is 1. The molecule has 25 heavy (non-hydrogen) atoms. The van der Waals surface area contributed by atoms with Crippen LogP contribution in [0.15, 0.2) is 52.3 Å². The van der Waals surface area contributed by atoms with Gasteiger partial charge in [0.25, 0.3) is 10.0 Å². The van der Waals surface area contributed by atoms with E-state index in [9.17, 15) is 13.2 Å². The van der Waals surface area contributed by atoms with Crippen molar-refractivity contribution < 1.29 is 18.3 Å². The van der Waals surface area contributed by atoms with E-state index in [-0.39, 0.29) is 10.5 Å². The molecule has 0 fully saturated rings. The fraction of sp³-hybridized carbons (Fsp3) is 0.235. The van der Waals surface area contributed by atoms with E-state index < -0.39 is 16.0 Å². The van der Waals surface area contributed by atoms with E-state index in [4.69, 9.17) is 16.7 Å². The molecular formula is C17H18ClNO4S2. The van der Waals surface area contributed by atoms with Crippen LogP contribution in [0.5, 0.6) is 0 Å². The molecule has 0 unspecified atom stereocenters. The fourth-order valence-electron chi connectivity index (χ4n) is 2.22. The monoisotopic (exact) mass is 399 g/mol. The number of benzene rings is 2. The van der Waals surface area contributed by atoms with Crippen LogP contribution in [0.2, 0.25) is 0 Å². The van der Waals surface area contributed by atoms with Crippen LogP contribution in [0.3, 0.4) is 0 Å². The Morgan fingerprint density at radius 2 is 1.88 bits per heavy atom. The lowest BCUT2D eigenvalue weighted by atomic mass is 10.1. The molecule has 0 saturated heterocycles. The first-order valence-corrected chi connectivity index (χ1v) is 10.7. The van der Waals surface area contributed by atoms with Crippen molar-refractivity contribution in [1.29, 1.82) is 0 Å². The topological polar surface area (TPSA) is 83.5 Å². The summed E-state index contributed by atoms with van der Waals surface area (Å²) in [5.41, 5.74) is 1.48. The Balaban J connectivity index is 2.25. The highest BCUT2D eigenvalue weighted by atomic mass is 35.5. The first-order valence-electron chi connectivity index (χ1n) is 7.46. The Bertz CT molecular complexity index is 851. The Kier molecular flexibility index (Phi) is 6.75. The summed E-state index contributed by atoms with van der Waals surface area (Å²) >= 11 is 6.93. The maximum atomic E-state index is 12.6. The zero-order valence-corrected chi connectivity index (χ0v) is 15.9. The summed E-state index contributed by atoms with van der Waals surface area (Å²) in [6.07, 6.45) is 3.38. The number of rotatable bonds is 8. The van der Waals surface area contributed by atoms with E-state index in [0.717, 1.165) is 18.4 Å². The third kappa shape index (κ3) is 5.14. The molecule has 0 atom stereocenters. The average Bonchev–Trinajstić information content (AvgIpc) is 2.60. The van der Waals surface area contributed by atoms with Crippen LogP contribution < -0.4 is 4.72 Å². The molecule has 2 rings (SSSR count). The van der Waals surface area contributed by atoms with E-state index in [1.807, 2.05) is 0 Å². The minimum Gasteiger partial charge on any atom is -0.478 e. The smallest absolute Gasteiger partial charge is 0.335 e. The van der Waals surface area contributed by atoms with Crippen molar-refractivity contribution in [3.63, 3.8) is 0 Å². The van der Waals surface area contributed by atoms with E-state index in [0.29, 0.717) is 16.5 Å². The van der Waals surface area contributed by atoms with Crippen LogP contribution in [-0.2, 0) is 16.4 Å². The van der Waals surface area contributed by atoms with Crippen molar-refractivity contribution in [3.05, 3.63) is 53.6 Å². The number of halogens is 1. The predicted molar refractivity (Wildman–Crippen MR) is 101 cm³/mol. The van der Waals surface area contributed by atoms with Crippen LogP contribution >= 0.6 is 23.4 Å². The molecule has 0 saturated carbocycles. The standard InChI is InChI=1S/C17H18ClNO4S2/c1-24-16-11-13(17(20)21)6-9-15(16)19-25(22,23)14-7-4-12(5-8-14)3-2-10-18/h4-9,11,19H,2-3,10H2,1H3,(H,20,21). The quantitative estimate of drug-likeness (QED) is 0.516. The third-order valence-corrected chi connectivity index (χ3v) is 5.95. The van der Waals surface area contributed by atoms with Crippen LogP contribution in [-0.4, -0.2) is 31.6 Å². The van der Waals surface area contributed by atoms with Gasteiger partial charge in [0.1, 0.15) is 0 Å². The molecular weight excluding hydrogens is 382 g/mol. The molecule has 0 aromatic heterocycles. The predicted octanol–water partition coefficient (Wildman–Crippen LogP) is 4.08. The molecule has 0 aliphatic carbocycles. The van der Waals surface area contributed by atoms with Gasteiger partial charge in [0, 0.05) is 10.8 Å². The van der Waals surface area contributed by atoms with Gasteiger partial charge >= 0.3 is 5.97 Å². The maximum absolute atomic E-state index is 12.6.